The molecule has 1 heterocycles. The largest absolute Gasteiger partial charge is 0.497 e. The number of carbonyl (C=O) groups excluding carboxylic acids is 1. The van der Waals surface area contributed by atoms with Crippen molar-refractivity contribution >= 4 is 17.3 Å². The molecule has 2 N–H and O–H groups in total. The summed E-state index contributed by atoms with van der Waals surface area (Å²) in [5.74, 6) is 2.24. The first-order chi connectivity index (χ1) is 14.6. The summed E-state index contributed by atoms with van der Waals surface area (Å²) in [6.45, 7) is 4.62. The molecule has 1 atom stereocenters. The van der Waals surface area contributed by atoms with Gasteiger partial charge < -0.3 is 24.5 Å². The van der Waals surface area contributed by atoms with Crippen molar-refractivity contribution in [3.63, 3.8) is 0 Å². The lowest BCUT2D eigenvalue weighted by Crippen LogP contribution is -2.21. The zero-order valence-electron chi connectivity index (χ0n) is 18.1. The summed E-state index contributed by atoms with van der Waals surface area (Å²) >= 11 is 0. The Bertz CT molecular complexity index is 996. The Morgan fingerprint density at radius 3 is 2.57 bits per heavy atom. The van der Waals surface area contributed by atoms with Crippen LogP contribution in [0.5, 0.6) is 17.2 Å². The first-order valence-corrected chi connectivity index (χ1v) is 10.3. The molecule has 0 saturated heterocycles. The van der Waals surface area contributed by atoms with Gasteiger partial charge in [-0.2, -0.15) is 0 Å². The summed E-state index contributed by atoms with van der Waals surface area (Å²) in [7, 11) is 3.30. The average Bonchev–Trinajstić information content (AvgIpc) is 3.18. The van der Waals surface area contributed by atoms with E-state index in [0.29, 0.717) is 12.4 Å². The van der Waals surface area contributed by atoms with Gasteiger partial charge in [-0.25, -0.2) is 0 Å². The number of hydrogen-bond acceptors (Lipinski definition) is 4. The number of H-pyrrole nitrogens is 1. The Kier molecular flexibility index (Phi) is 7.22. The molecule has 0 bridgehead atoms. The van der Waals surface area contributed by atoms with E-state index in [-0.39, 0.29) is 6.04 Å². The minimum absolute atomic E-state index is 0.127. The summed E-state index contributed by atoms with van der Waals surface area (Å²) in [6, 6.07) is 9.89. The Balaban J connectivity index is 1.90. The summed E-state index contributed by atoms with van der Waals surface area (Å²) in [5, 5.41) is 4.14. The minimum Gasteiger partial charge on any atom is -0.497 e. The molecule has 0 aliphatic carbocycles. The summed E-state index contributed by atoms with van der Waals surface area (Å²) in [6.07, 6.45) is 5.19. The number of fused-ring (bicyclic) bond motifs is 1. The number of amides is 1. The van der Waals surface area contributed by atoms with Gasteiger partial charge in [-0.15, -0.1) is 0 Å². The van der Waals surface area contributed by atoms with Gasteiger partial charge in [0, 0.05) is 17.1 Å². The fourth-order valence-corrected chi connectivity index (χ4v) is 3.88. The van der Waals surface area contributed by atoms with Crippen LogP contribution in [0.1, 0.15) is 43.0 Å². The molecule has 6 heteroatoms. The fourth-order valence-electron chi connectivity index (χ4n) is 3.88. The predicted octanol–water partition coefficient (Wildman–Crippen LogP) is 4.57. The third-order valence-corrected chi connectivity index (χ3v) is 5.43. The molecule has 1 amide bonds. The average molecular weight is 411 g/mol. The van der Waals surface area contributed by atoms with Crippen LogP contribution in [0.2, 0.25) is 0 Å². The molecule has 1 unspecified atom stereocenters. The highest BCUT2D eigenvalue weighted by atomic mass is 16.5. The van der Waals surface area contributed by atoms with E-state index in [4.69, 9.17) is 14.2 Å². The Morgan fingerprint density at radius 2 is 1.90 bits per heavy atom. The molecule has 30 heavy (non-hydrogen) atoms. The highest BCUT2D eigenvalue weighted by molar-refractivity contribution is 5.84. The van der Waals surface area contributed by atoms with Gasteiger partial charge in [0.1, 0.15) is 5.75 Å². The smallest absolute Gasteiger partial charge is 0.207 e. The third kappa shape index (κ3) is 4.53. The second-order valence-corrected chi connectivity index (χ2v) is 7.09. The van der Waals surface area contributed by atoms with E-state index in [1.54, 1.807) is 14.2 Å². The lowest BCUT2D eigenvalue weighted by molar-refractivity contribution is -0.110. The molecule has 3 rings (SSSR count). The van der Waals surface area contributed by atoms with Crippen molar-refractivity contribution in [1.29, 1.82) is 0 Å². The maximum absolute atomic E-state index is 11.4. The first-order valence-electron chi connectivity index (χ1n) is 10.3. The quantitative estimate of drug-likeness (QED) is 0.454. The number of carbonyl (C=O) groups is 1. The van der Waals surface area contributed by atoms with Crippen molar-refractivity contribution in [3.05, 3.63) is 53.2 Å². The number of aromatic amines is 1. The third-order valence-electron chi connectivity index (χ3n) is 5.43. The molecule has 1 aromatic heterocycles. The SMILES string of the molecule is CCOc1cc(CC)c(C(CCc2c[nH]c3ccc(OC)cc23)NC=O)cc1OC. The maximum Gasteiger partial charge on any atom is 0.207 e. The molecule has 0 aliphatic rings. The number of rotatable bonds is 11. The van der Waals surface area contributed by atoms with E-state index in [1.165, 1.54) is 5.56 Å². The Hall–Kier alpha value is -3.15. The van der Waals surface area contributed by atoms with E-state index in [2.05, 4.69) is 17.2 Å². The van der Waals surface area contributed by atoms with Gasteiger partial charge in [-0.05, 0) is 73.2 Å². The standard InChI is InChI=1S/C24H30N2O4/c1-5-16-11-24(30-6-2)23(29-4)13-20(16)22(26-15-27)9-7-17-14-25-21-10-8-18(28-3)12-19(17)21/h8,10-15,22,25H,5-7,9H2,1-4H3,(H,26,27). The van der Waals surface area contributed by atoms with Gasteiger partial charge in [-0.1, -0.05) is 6.92 Å². The number of aromatic nitrogens is 1. The molecule has 0 aliphatic heterocycles. The van der Waals surface area contributed by atoms with Crippen LogP contribution in [0.4, 0.5) is 0 Å². The van der Waals surface area contributed by atoms with Crippen molar-refractivity contribution in [3.8, 4) is 17.2 Å². The summed E-state index contributed by atoms with van der Waals surface area (Å²) in [4.78, 5) is 14.7. The molecule has 6 nitrogen and oxygen atoms in total. The van der Waals surface area contributed by atoms with Crippen molar-refractivity contribution < 1.29 is 19.0 Å². The van der Waals surface area contributed by atoms with E-state index >= 15 is 0 Å². The van der Waals surface area contributed by atoms with Crippen molar-refractivity contribution in [2.75, 3.05) is 20.8 Å². The second-order valence-electron chi connectivity index (χ2n) is 7.09. The van der Waals surface area contributed by atoms with Crippen LogP contribution in [0.25, 0.3) is 10.9 Å². The molecular weight excluding hydrogens is 380 g/mol. The van der Waals surface area contributed by atoms with Gasteiger partial charge in [0.05, 0.1) is 26.9 Å². The van der Waals surface area contributed by atoms with E-state index in [0.717, 1.165) is 59.2 Å². The van der Waals surface area contributed by atoms with Crippen LogP contribution in [0.15, 0.2) is 36.5 Å². The zero-order chi connectivity index (χ0) is 21.5. The van der Waals surface area contributed by atoms with Crippen LogP contribution < -0.4 is 19.5 Å². The fraction of sp³-hybridized carbons (Fsp3) is 0.375. The van der Waals surface area contributed by atoms with Gasteiger partial charge >= 0.3 is 0 Å². The van der Waals surface area contributed by atoms with Gasteiger partial charge in [0.2, 0.25) is 6.41 Å². The monoisotopic (exact) mass is 410 g/mol. The number of nitrogens with one attached hydrogen (secondary N) is 2. The van der Waals surface area contributed by atoms with E-state index < -0.39 is 0 Å². The highest BCUT2D eigenvalue weighted by Crippen LogP contribution is 2.35. The molecule has 2 aromatic carbocycles. The predicted molar refractivity (Wildman–Crippen MR) is 119 cm³/mol. The number of hydrogen-bond donors (Lipinski definition) is 2. The molecule has 0 spiro atoms. The molecule has 160 valence electrons. The lowest BCUT2D eigenvalue weighted by atomic mass is 9.93. The van der Waals surface area contributed by atoms with Gasteiger partial charge in [-0.3, -0.25) is 4.79 Å². The number of benzene rings is 2. The topological polar surface area (TPSA) is 72.6 Å². The number of methoxy groups -OCH3 is 2. The van der Waals surface area contributed by atoms with Crippen LogP contribution >= 0.6 is 0 Å². The molecule has 0 saturated carbocycles. The number of aryl methyl sites for hydroxylation is 2. The van der Waals surface area contributed by atoms with Crippen LogP contribution in [-0.4, -0.2) is 32.2 Å². The van der Waals surface area contributed by atoms with Crippen LogP contribution in [0.3, 0.4) is 0 Å². The Morgan fingerprint density at radius 1 is 1.07 bits per heavy atom. The zero-order valence-corrected chi connectivity index (χ0v) is 18.1. The van der Waals surface area contributed by atoms with Gasteiger partial charge in [0.25, 0.3) is 0 Å². The van der Waals surface area contributed by atoms with Crippen molar-refractivity contribution in [1.82, 2.24) is 10.3 Å². The number of ether oxygens (including phenoxy) is 3. The minimum atomic E-state index is -0.127. The second kappa shape index (κ2) is 10.1. The summed E-state index contributed by atoms with van der Waals surface area (Å²) in [5.41, 5.74) is 4.46. The van der Waals surface area contributed by atoms with Crippen molar-refractivity contribution in [2.45, 2.75) is 39.2 Å². The molecule has 0 radical (unpaired) electrons. The highest BCUT2D eigenvalue weighted by Gasteiger charge is 2.19. The first kappa shape index (κ1) is 21.6. The van der Waals surface area contributed by atoms with Crippen LogP contribution in [0, 0.1) is 0 Å². The van der Waals surface area contributed by atoms with Crippen LogP contribution in [-0.2, 0) is 17.6 Å². The maximum atomic E-state index is 11.4. The van der Waals surface area contributed by atoms with E-state index in [1.807, 2.05) is 43.5 Å². The normalized spacial score (nSPS) is 11.9. The molecule has 3 aromatic rings. The Labute approximate surface area is 177 Å². The molecular formula is C24H30N2O4. The van der Waals surface area contributed by atoms with Crippen molar-refractivity contribution in [2.24, 2.45) is 0 Å². The van der Waals surface area contributed by atoms with Gasteiger partial charge in [0.15, 0.2) is 11.5 Å². The van der Waals surface area contributed by atoms with E-state index in [9.17, 15) is 4.79 Å². The molecule has 0 fully saturated rings. The lowest BCUT2D eigenvalue weighted by Gasteiger charge is -2.22. The summed E-state index contributed by atoms with van der Waals surface area (Å²) < 4.78 is 16.6.